The normalized spacial score (nSPS) is 9.81. The predicted octanol–water partition coefficient (Wildman–Crippen LogP) is 4.10. The second-order valence-electron chi connectivity index (χ2n) is 4.90. The third kappa shape index (κ3) is 27.9. The zero-order valence-electron chi connectivity index (χ0n) is 13.6. The smallest absolute Gasteiger partial charge is 0.303 e. The molecule has 0 rings (SSSR count). The number of hydrogen-bond acceptors (Lipinski definition) is 3. The van der Waals surface area contributed by atoms with Crippen LogP contribution in [-0.2, 0) is 14.3 Å². The van der Waals surface area contributed by atoms with Gasteiger partial charge in [-0.3, -0.25) is 9.59 Å². The van der Waals surface area contributed by atoms with Crippen molar-refractivity contribution in [1.82, 2.24) is 0 Å². The molecule has 0 heterocycles. The summed E-state index contributed by atoms with van der Waals surface area (Å²) < 4.78 is 4.83. The molecule has 0 aromatic carbocycles. The van der Waals surface area contributed by atoms with Crippen LogP contribution in [0.25, 0.3) is 0 Å². The Bertz CT molecular complexity index is 217. The van der Waals surface area contributed by atoms with Crippen LogP contribution in [0.5, 0.6) is 0 Å². The maximum absolute atomic E-state index is 10.2. The van der Waals surface area contributed by atoms with Crippen molar-refractivity contribution >= 4 is 11.9 Å². The van der Waals surface area contributed by atoms with Crippen LogP contribution in [-0.4, -0.2) is 35.4 Å². The second kappa shape index (κ2) is 18.9. The fourth-order valence-corrected chi connectivity index (χ4v) is 1.82. The highest BCUT2D eigenvalue weighted by molar-refractivity contribution is 5.66. The number of rotatable bonds is 13. The van der Waals surface area contributed by atoms with E-state index >= 15 is 0 Å². The lowest BCUT2D eigenvalue weighted by atomic mass is 10.1. The van der Waals surface area contributed by atoms with Gasteiger partial charge in [0.2, 0.25) is 0 Å². The van der Waals surface area contributed by atoms with Crippen LogP contribution in [0.1, 0.15) is 78.1 Å². The van der Waals surface area contributed by atoms with Gasteiger partial charge in [-0.1, -0.05) is 38.5 Å². The average molecular weight is 304 g/mol. The van der Waals surface area contributed by atoms with E-state index in [4.69, 9.17) is 14.9 Å². The highest BCUT2D eigenvalue weighted by Crippen LogP contribution is 2.10. The molecular formula is C16H32O5. The number of ether oxygens (including phenoxy) is 1. The quantitative estimate of drug-likeness (QED) is 0.500. The third-order valence-electron chi connectivity index (χ3n) is 2.94. The summed E-state index contributed by atoms with van der Waals surface area (Å²) in [7, 11) is 0. The Morgan fingerprint density at radius 3 is 1.14 bits per heavy atom. The van der Waals surface area contributed by atoms with Crippen molar-refractivity contribution in [3.63, 3.8) is 0 Å². The van der Waals surface area contributed by atoms with Crippen molar-refractivity contribution in [1.29, 1.82) is 0 Å². The summed E-state index contributed by atoms with van der Waals surface area (Å²) in [6, 6.07) is 0. The van der Waals surface area contributed by atoms with E-state index in [2.05, 4.69) is 0 Å². The predicted molar refractivity (Wildman–Crippen MR) is 83.6 cm³/mol. The SMILES string of the molecule is CCOCC.O=C(O)CCCCCCCCCCC(=O)O. The van der Waals surface area contributed by atoms with Crippen molar-refractivity contribution < 1.29 is 24.5 Å². The van der Waals surface area contributed by atoms with Gasteiger partial charge in [-0.05, 0) is 26.7 Å². The Hall–Kier alpha value is -1.10. The lowest BCUT2D eigenvalue weighted by molar-refractivity contribution is -0.138. The fourth-order valence-electron chi connectivity index (χ4n) is 1.82. The molecule has 0 aromatic rings. The molecule has 0 amide bonds. The number of carbonyl (C=O) groups is 2. The van der Waals surface area contributed by atoms with E-state index in [1.165, 1.54) is 0 Å². The Labute approximate surface area is 128 Å². The Morgan fingerprint density at radius 2 is 0.952 bits per heavy atom. The molecule has 0 saturated carbocycles. The molecule has 0 aliphatic carbocycles. The molecule has 2 N–H and O–H groups in total. The lowest BCUT2D eigenvalue weighted by Crippen LogP contribution is -1.94. The van der Waals surface area contributed by atoms with Crippen LogP contribution < -0.4 is 0 Å². The zero-order chi connectivity index (χ0) is 16.3. The molecule has 0 unspecified atom stereocenters. The Balaban J connectivity index is 0. The monoisotopic (exact) mass is 304 g/mol. The summed E-state index contributed by atoms with van der Waals surface area (Å²) in [6.07, 6.45) is 8.51. The van der Waals surface area contributed by atoms with Crippen molar-refractivity contribution in [3.05, 3.63) is 0 Å². The first-order valence-corrected chi connectivity index (χ1v) is 8.05. The van der Waals surface area contributed by atoms with Crippen molar-refractivity contribution in [2.24, 2.45) is 0 Å². The molecule has 0 atom stereocenters. The van der Waals surface area contributed by atoms with Gasteiger partial charge in [0.05, 0.1) is 0 Å². The number of unbranched alkanes of at least 4 members (excludes halogenated alkanes) is 7. The molecule has 126 valence electrons. The lowest BCUT2D eigenvalue weighted by Gasteiger charge is -2.00. The summed E-state index contributed by atoms with van der Waals surface area (Å²) in [5.74, 6) is -1.43. The summed E-state index contributed by atoms with van der Waals surface area (Å²) in [4.78, 5) is 20.4. The summed E-state index contributed by atoms with van der Waals surface area (Å²) in [5, 5.41) is 16.8. The van der Waals surface area contributed by atoms with Crippen molar-refractivity contribution in [2.45, 2.75) is 78.1 Å². The first kappa shape index (κ1) is 22.2. The van der Waals surface area contributed by atoms with Gasteiger partial charge in [-0.25, -0.2) is 0 Å². The fraction of sp³-hybridized carbons (Fsp3) is 0.875. The molecular weight excluding hydrogens is 272 g/mol. The van der Waals surface area contributed by atoms with E-state index in [-0.39, 0.29) is 12.8 Å². The standard InChI is InChI=1S/C12H22O4.C4H10O/c13-11(14)9-7-5-3-1-2-4-6-8-10-12(15)16;1-3-5-4-2/h1-10H2,(H,13,14)(H,15,16);3-4H2,1-2H3. The first-order valence-electron chi connectivity index (χ1n) is 8.05. The van der Waals surface area contributed by atoms with Gasteiger partial charge < -0.3 is 14.9 Å². The largest absolute Gasteiger partial charge is 0.481 e. The third-order valence-corrected chi connectivity index (χ3v) is 2.94. The molecule has 21 heavy (non-hydrogen) atoms. The van der Waals surface area contributed by atoms with E-state index in [0.717, 1.165) is 64.6 Å². The van der Waals surface area contributed by atoms with Crippen LogP contribution in [0.3, 0.4) is 0 Å². The summed E-state index contributed by atoms with van der Waals surface area (Å²) >= 11 is 0. The van der Waals surface area contributed by atoms with Gasteiger partial charge in [-0.2, -0.15) is 0 Å². The zero-order valence-corrected chi connectivity index (χ0v) is 13.6. The summed E-state index contributed by atoms with van der Waals surface area (Å²) in [6.45, 7) is 5.67. The van der Waals surface area contributed by atoms with Gasteiger partial charge >= 0.3 is 11.9 Å². The highest BCUT2D eigenvalue weighted by atomic mass is 16.5. The number of carboxylic acids is 2. The number of carboxylic acid groups (broad SMARTS) is 2. The van der Waals surface area contributed by atoms with Crippen LogP contribution in [0.15, 0.2) is 0 Å². The van der Waals surface area contributed by atoms with Crippen LogP contribution in [0, 0.1) is 0 Å². The molecule has 0 aliphatic rings. The molecule has 0 radical (unpaired) electrons. The Morgan fingerprint density at radius 1 is 0.667 bits per heavy atom. The molecule has 5 heteroatoms. The molecule has 0 aromatic heterocycles. The van der Waals surface area contributed by atoms with E-state index in [1.807, 2.05) is 13.8 Å². The van der Waals surface area contributed by atoms with Gasteiger partial charge in [0, 0.05) is 26.1 Å². The van der Waals surface area contributed by atoms with Crippen molar-refractivity contribution in [2.75, 3.05) is 13.2 Å². The minimum Gasteiger partial charge on any atom is -0.481 e. The molecule has 0 spiro atoms. The van der Waals surface area contributed by atoms with Gasteiger partial charge in [-0.15, -0.1) is 0 Å². The first-order chi connectivity index (χ1) is 10.0. The van der Waals surface area contributed by atoms with Crippen LogP contribution in [0.4, 0.5) is 0 Å². The molecule has 5 nitrogen and oxygen atoms in total. The Kier molecular flexibility index (Phi) is 20.0. The second-order valence-corrected chi connectivity index (χ2v) is 4.90. The van der Waals surface area contributed by atoms with Crippen LogP contribution in [0.2, 0.25) is 0 Å². The minimum absolute atomic E-state index is 0.276. The molecule has 0 saturated heterocycles. The van der Waals surface area contributed by atoms with Gasteiger partial charge in [0.1, 0.15) is 0 Å². The van der Waals surface area contributed by atoms with Gasteiger partial charge in [0.25, 0.3) is 0 Å². The minimum atomic E-state index is -0.714. The van der Waals surface area contributed by atoms with Crippen molar-refractivity contribution in [3.8, 4) is 0 Å². The van der Waals surface area contributed by atoms with E-state index in [0.29, 0.717) is 0 Å². The molecule has 0 fully saturated rings. The van der Waals surface area contributed by atoms with E-state index < -0.39 is 11.9 Å². The highest BCUT2D eigenvalue weighted by Gasteiger charge is 1.98. The van der Waals surface area contributed by atoms with Crippen LogP contribution >= 0.6 is 0 Å². The molecule has 0 aliphatic heterocycles. The van der Waals surface area contributed by atoms with E-state index in [9.17, 15) is 9.59 Å². The molecule has 0 bridgehead atoms. The maximum Gasteiger partial charge on any atom is 0.303 e. The number of hydrogen-bond donors (Lipinski definition) is 2. The van der Waals surface area contributed by atoms with E-state index in [1.54, 1.807) is 0 Å². The summed E-state index contributed by atoms with van der Waals surface area (Å²) in [5.41, 5.74) is 0. The van der Waals surface area contributed by atoms with Gasteiger partial charge in [0.15, 0.2) is 0 Å². The average Bonchev–Trinajstić information content (AvgIpc) is 2.42. The topological polar surface area (TPSA) is 83.8 Å². The number of aliphatic carboxylic acids is 2. The maximum atomic E-state index is 10.2.